The summed E-state index contributed by atoms with van der Waals surface area (Å²) in [6, 6.07) is 11.7. The van der Waals surface area contributed by atoms with Crippen LogP contribution in [0, 0.1) is 5.92 Å². The minimum atomic E-state index is -0.681. The van der Waals surface area contributed by atoms with E-state index in [4.69, 9.17) is 25.8 Å². The van der Waals surface area contributed by atoms with Gasteiger partial charge in [-0.3, -0.25) is 0 Å². The van der Waals surface area contributed by atoms with E-state index < -0.39 is 18.0 Å². The summed E-state index contributed by atoms with van der Waals surface area (Å²) >= 11 is 6.05. The van der Waals surface area contributed by atoms with Crippen molar-refractivity contribution in [1.29, 1.82) is 0 Å². The largest absolute Gasteiger partial charge is 0.490 e. The quantitative estimate of drug-likeness (QED) is 0.493. The summed E-state index contributed by atoms with van der Waals surface area (Å²) in [6.45, 7) is 8.51. The third-order valence-electron chi connectivity index (χ3n) is 4.92. The van der Waals surface area contributed by atoms with E-state index in [2.05, 4.69) is 10.6 Å². The number of ether oxygens (including phenoxy) is 3. The number of carbonyl (C=O) groups is 2. The van der Waals surface area contributed by atoms with Crippen molar-refractivity contribution in [3.63, 3.8) is 0 Å². The molecule has 0 radical (unpaired) electrons. The SMILES string of the molecule is CCOc1cc(C2NC(=O)NC(C)=C2C(=O)OCC(C)C)ccc1OCc1cccc(Cl)c1. The minimum absolute atomic E-state index is 0.194. The first-order valence-corrected chi connectivity index (χ1v) is 11.3. The van der Waals surface area contributed by atoms with E-state index in [9.17, 15) is 9.59 Å². The molecule has 1 aliphatic rings. The second-order valence-electron chi connectivity index (χ2n) is 8.12. The number of rotatable bonds is 9. The fourth-order valence-electron chi connectivity index (χ4n) is 3.41. The lowest BCUT2D eigenvalue weighted by Crippen LogP contribution is -2.45. The predicted octanol–water partition coefficient (Wildman–Crippen LogP) is 5.14. The Labute approximate surface area is 199 Å². The molecular weight excluding hydrogens is 444 g/mol. The van der Waals surface area contributed by atoms with Crippen LogP contribution in [0.4, 0.5) is 4.79 Å². The first-order valence-electron chi connectivity index (χ1n) is 10.9. The fourth-order valence-corrected chi connectivity index (χ4v) is 3.63. The Kier molecular flexibility index (Phi) is 8.22. The van der Waals surface area contributed by atoms with E-state index in [-0.39, 0.29) is 12.5 Å². The summed E-state index contributed by atoms with van der Waals surface area (Å²) in [5, 5.41) is 6.10. The van der Waals surface area contributed by atoms with Crippen molar-refractivity contribution in [1.82, 2.24) is 10.6 Å². The van der Waals surface area contributed by atoms with Crippen LogP contribution in [0.25, 0.3) is 0 Å². The zero-order chi connectivity index (χ0) is 24.0. The first-order chi connectivity index (χ1) is 15.8. The lowest BCUT2D eigenvalue weighted by molar-refractivity contribution is -0.140. The molecule has 2 amide bonds. The number of benzene rings is 2. The molecule has 0 bridgehead atoms. The average molecular weight is 473 g/mol. The van der Waals surface area contributed by atoms with E-state index in [1.54, 1.807) is 31.2 Å². The highest BCUT2D eigenvalue weighted by molar-refractivity contribution is 6.30. The van der Waals surface area contributed by atoms with Crippen molar-refractivity contribution < 1.29 is 23.8 Å². The van der Waals surface area contributed by atoms with E-state index in [1.165, 1.54) is 0 Å². The molecule has 0 saturated heterocycles. The third kappa shape index (κ3) is 6.42. The van der Waals surface area contributed by atoms with Crippen molar-refractivity contribution >= 4 is 23.6 Å². The molecule has 0 saturated carbocycles. The molecule has 33 heavy (non-hydrogen) atoms. The Hall–Kier alpha value is -3.19. The molecule has 8 heteroatoms. The molecule has 1 aliphatic heterocycles. The van der Waals surface area contributed by atoms with Gasteiger partial charge in [0.15, 0.2) is 11.5 Å². The molecule has 2 N–H and O–H groups in total. The van der Waals surface area contributed by atoms with Crippen molar-refractivity contribution in [3.05, 3.63) is 69.9 Å². The van der Waals surface area contributed by atoms with Crippen LogP contribution in [-0.2, 0) is 16.1 Å². The number of allylic oxidation sites excluding steroid dienone is 1. The highest BCUT2D eigenvalue weighted by Gasteiger charge is 2.33. The Morgan fingerprint density at radius 3 is 2.61 bits per heavy atom. The van der Waals surface area contributed by atoms with Crippen LogP contribution in [-0.4, -0.2) is 25.2 Å². The Morgan fingerprint density at radius 2 is 1.91 bits per heavy atom. The van der Waals surface area contributed by atoms with Gasteiger partial charge in [-0.15, -0.1) is 0 Å². The van der Waals surface area contributed by atoms with Gasteiger partial charge >= 0.3 is 12.0 Å². The van der Waals surface area contributed by atoms with Gasteiger partial charge in [0.05, 0.1) is 24.8 Å². The molecule has 1 atom stereocenters. The average Bonchev–Trinajstić information content (AvgIpc) is 2.76. The standard InChI is InChI=1S/C25H29ClN2O5/c1-5-31-21-12-18(9-10-20(21)32-14-17-7-6-8-19(26)11-17)23-22(16(4)27-25(30)28-23)24(29)33-13-15(2)3/h6-12,15,23H,5,13-14H2,1-4H3,(H2,27,28,30). The van der Waals surface area contributed by atoms with Gasteiger partial charge in [0.25, 0.3) is 0 Å². The highest BCUT2D eigenvalue weighted by atomic mass is 35.5. The zero-order valence-electron chi connectivity index (χ0n) is 19.2. The van der Waals surface area contributed by atoms with Crippen molar-refractivity contribution in [2.45, 2.75) is 40.3 Å². The van der Waals surface area contributed by atoms with Crippen molar-refractivity contribution in [2.75, 3.05) is 13.2 Å². The van der Waals surface area contributed by atoms with Crippen LogP contribution in [0.15, 0.2) is 53.7 Å². The molecule has 176 valence electrons. The molecule has 2 aromatic rings. The molecule has 2 aromatic carbocycles. The lowest BCUT2D eigenvalue weighted by atomic mass is 9.95. The van der Waals surface area contributed by atoms with Gasteiger partial charge in [-0.2, -0.15) is 0 Å². The third-order valence-corrected chi connectivity index (χ3v) is 5.16. The molecular formula is C25H29ClN2O5. The number of halogens is 1. The van der Waals surface area contributed by atoms with Crippen LogP contribution in [0.2, 0.25) is 5.02 Å². The molecule has 0 aliphatic carbocycles. The topological polar surface area (TPSA) is 85.9 Å². The predicted molar refractivity (Wildman–Crippen MR) is 126 cm³/mol. The molecule has 3 rings (SSSR count). The fraction of sp³-hybridized carbons (Fsp3) is 0.360. The summed E-state index contributed by atoms with van der Waals surface area (Å²) < 4.78 is 17.2. The molecule has 0 fully saturated rings. The van der Waals surface area contributed by atoms with Gasteiger partial charge in [-0.05, 0) is 55.2 Å². The van der Waals surface area contributed by atoms with E-state index in [1.807, 2.05) is 39.0 Å². The molecule has 0 spiro atoms. The van der Waals surface area contributed by atoms with Gasteiger partial charge < -0.3 is 24.8 Å². The summed E-state index contributed by atoms with van der Waals surface area (Å²) in [5.74, 6) is 0.778. The summed E-state index contributed by atoms with van der Waals surface area (Å²) in [7, 11) is 0. The second kappa shape index (κ2) is 11.1. The lowest BCUT2D eigenvalue weighted by Gasteiger charge is -2.28. The number of hydrogen-bond donors (Lipinski definition) is 2. The molecule has 0 aromatic heterocycles. The van der Waals surface area contributed by atoms with Gasteiger partial charge in [-0.25, -0.2) is 9.59 Å². The van der Waals surface area contributed by atoms with Crippen LogP contribution < -0.4 is 20.1 Å². The van der Waals surface area contributed by atoms with Crippen LogP contribution in [0.1, 0.15) is 44.9 Å². The summed E-state index contributed by atoms with van der Waals surface area (Å²) in [4.78, 5) is 25.0. The number of carbonyl (C=O) groups excluding carboxylic acids is 2. The van der Waals surface area contributed by atoms with E-state index in [0.717, 1.165) is 5.56 Å². The smallest absolute Gasteiger partial charge is 0.338 e. The zero-order valence-corrected chi connectivity index (χ0v) is 20.0. The number of esters is 1. The minimum Gasteiger partial charge on any atom is -0.490 e. The first kappa shape index (κ1) is 24.5. The summed E-state index contributed by atoms with van der Waals surface area (Å²) in [5.41, 5.74) is 2.41. The van der Waals surface area contributed by atoms with Crippen LogP contribution in [0.3, 0.4) is 0 Å². The van der Waals surface area contributed by atoms with E-state index >= 15 is 0 Å². The molecule has 1 unspecified atom stereocenters. The van der Waals surface area contributed by atoms with Gasteiger partial charge in [-0.1, -0.05) is 43.6 Å². The van der Waals surface area contributed by atoms with Crippen molar-refractivity contribution in [3.8, 4) is 11.5 Å². The second-order valence-corrected chi connectivity index (χ2v) is 8.56. The van der Waals surface area contributed by atoms with Gasteiger partial charge in [0.2, 0.25) is 0 Å². The van der Waals surface area contributed by atoms with E-state index in [0.29, 0.717) is 46.6 Å². The van der Waals surface area contributed by atoms with Gasteiger partial charge in [0, 0.05) is 10.7 Å². The maximum Gasteiger partial charge on any atom is 0.338 e. The number of amides is 2. The summed E-state index contributed by atoms with van der Waals surface area (Å²) in [6.07, 6.45) is 0. The monoisotopic (exact) mass is 472 g/mol. The number of nitrogens with one attached hydrogen (secondary N) is 2. The van der Waals surface area contributed by atoms with Crippen molar-refractivity contribution in [2.24, 2.45) is 5.92 Å². The molecule has 7 nitrogen and oxygen atoms in total. The maximum absolute atomic E-state index is 12.8. The van der Waals surface area contributed by atoms with Crippen LogP contribution >= 0.6 is 11.6 Å². The molecule has 1 heterocycles. The van der Waals surface area contributed by atoms with Gasteiger partial charge in [0.1, 0.15) is 6.61 Å². The maximum atomic E-state index is 12.8. The Bertz CT molecular complexity index is 1050. The number of hydrogen-bond acceptors (Lipinski definition) is 5. The Balaban J connectivity index is 1.88. The Morgan fingerprint density at radius 1 is 1.12 bits per heavy atom. The number of urea groups is 1. The normalized spacial score (nSPS) is 15.7. The van der Waals surface area contributed by atoms with Crippen LogP contribution in [0.5, 0.6) is 11.5 Å². The highest BCUT2D eigenvalue weighted by Crippen LogP contribution is 2.35.